The zero-order valence-electron chi connectivity index (χ0n) is 18.9. The van der Waals surface area contributed by atoms with Crippen LogP contribution in [0.4, 0.5) is 5.69 Å². The van der Waals surface area contributed by atoms with Gasteiger partial charge in [0.25, 0.3) is 5.69 Å². The lowest BCUT2D eigenvalue weighted by Crippen LogP contribution is -2.48. The highest BCUT2D eigenvalue weighted by atomic mass is 16.6. The van der Waals surface area contributed by atoms with Gasteiger partial charge in [0.15, 0.2) is 5.82 Å². The summed E-state index contributed by atoms with van der Waals surface area (Å²) in [4.78, 5) is 25.7. The summed E-state index contributed by atoms with van der Waals surface area (Å²) in [5.41, 5.74) is 4.45. The Morgan fingerprint density at radius 1 is 0.969 bits per heavy atom. The van der Waals surface area contributed by atoms with Crippen molar-refractivity contribution < 1.29 is 4.92 Å². The number of benzene rings is 2. The van der Waals surface area contributed by atoms with E-state index in [9.17, 15) is 10.1 Å². The number of nitrogens with zero attached hydrogens (tertiary/aromatic N) is 5. The SMILES string of the molecule is Cc1nc(-c2ccccc2)nc(-c2cccc([N+](=O)[O-])c2)c1CN1CCN(C(C)C)CC1. The molecule has 2 aromatic carbocycles. The maximum Gasteiger partial charge on any atom is 0.270 e. The molecule has 0 saturated carbocycles. The summed E-state index contributed by atoms with van der Waals surface area (Å²) < 4.78 is 0. The molecule has 166 valence electrons. The lowest BCUT2D eigenvalue weighted by Gasteiger charge is -2.37. The van der Waals surface area contributed by atoms with Gasteiger partial charge in [-0.1, -0.05) is 42.5 Å². The van der Waals surface area contributed by atoms with Crippen molar-refractivity contribution in [1.82, 2.24) is 19.8 Å². The third-order valence-corrected chi connectivity index (χ3v) is 6.10. The Morgan fingerprint density at radius 3 is 2.31 bits per heavy atom. The smallest absolute Gasteiger partial charge is 0.270 e. The predicted molar refractivity (Wildman–Crippen MR) is 126 cm³/mol. The first kappa shape index (κ1) is 22.0. The summed E-state index contributed by atoms with van der Waals surface area (Å²) in [7, 11) is 0. The van der Waals surface area contributed by atoms with Crippen molar-refractivity contribution in [3.8, 4) is 22.6 Å². The van der Waals surface area contributed by atoms with Crippen molar-refractivity contribution in [2.75, 3.05) is 26.2 Å². The van der Waals surface area contributed by atoms with Gasteiger partial charge in [0.05, 0.1) is 10.6 Å². The number of hydrogen-bond acceptors (Lipinski definition) is 6. The van der Waals surface area contributed by atoms with Gasteiger partial charge in [0.1, 0.15) is 0 Å². The third-order valence-electron chi connectivity index (χ3n) is 6.10. The van der Waals surface area contributed by atoms with Crippen LogP contribution in [0, 0.1) is 17.0 Å². The van der Waals surface area contributed by atoms with Crippen LogP contribution in [-0.4, -0.2) is 56.9 Å². The third kappa shape index (κ3) is 4.84. The first-order valence-electron chi connectivity index (χ1n) is 11.1. The number of aryl methyl sites for hydroxylation is 1. The molecule has 1 aromatic heterocycles. The predicted octanol–water partition coefficient (Wildman–Crippen LogP) is 4.55. The molecule has 1 aliphatic rings. The quantitative estimate of drug-likeness (QED) is 0.421. The Morgan fingerprint density at radius 2 is 1.66 bits per heavy atom. The van der Waals surface area contributed by atoms with Crippen LogP contribution >= 0.6 is 0 Å². The van der Waals surface area contributed by atoms with Gasteiger partial charge in [-0.25, -0.2) is 9.97 Å². The van der Waals surface area contributed by atoms with Gasteiger partial charge in [-0.2, -0.15) is 0 Å². The molecule has 0 spiro atoms. The van der Waals surface area contributed by atoms with Crippen LogP contribution in [0.5, 0.6) is 0 Å². The maximum absolute atomic E-state index is 11.4. The van der Waals surface area contributed by atoms with Crippen LogP contribution in [-0.2, 0) is 6.54 Å². The van der Waals surface area contributed by atoms with E-state index in [1.807, 2.05) is 43.3 Å². The molecule has 1 aliphatic heterocycles. The van der Waals surface area contributed by atoms with Crippen LogP contribution < -0.4 is 0 Å². The first-order valence-corrected chi connectivity index (χ1v) is 11.1. The Balaban J connectivity index is 1.74. The molecule has 0 radical (unpaired) electrons. The van der Waals surface area contributed by atoms with Gasteiger partial charge in [-0.3, -0.25) is 19.9 Å². The van der Waals surface area contributed by atoms with Gasteiger partial charge >= 0.3 is 0 Å². The summed E-state index contributed by atoms with van der Waals surface area (Å²) in [6.07, 6.45) is 0. The van der Waals surface area contributed by atoms with Crippen molar-refractivity contribution in [2.24, 2.45) is 0 Å². The molecule has 0 aliphatic carbocycles. The summed E-state index contributed by atoms with van der Waals surface area (Å²) in [6.45, 7) is 11.2. The molecule has 0 N–H and O–H groups in total. The van der Waals surface area contributed by atoms with E-state index in [2.05, 4.69) is 23.6 Å². The van der Waals surface area contributed by atoms with E-state index in [0.29, 0.717) is 11.9 Å². The maximum atomic E-state index is 11.4. The van der Waals surface area contributed by atoms with Crippen molar-refractivity contribution in [2.45, 2.75) is 33.4 Å². The van der Waals surface area contributed by atoms with Crippen LogP contribution in [0.3, 0.4) is 0 Å². The summed E-state index contributed by atoms with van der Waals surface area (Å²) in [6, 6.07) is 17.1. The van der Waals surface area contributed by atoms with E-state index in [1.165, 1.54) is 6.07 Å². The van der Waals surface area contributed by atoms with E-state index in [1.54, 1.807) is 12.1 Å². The summed E-state index contributed by atoms with van der Waals surface area (Å²) >= 11 is 0. The van der Waals surface area contributed by atoms with Gasteiger partial charge in [0, 0.05) is 73.3 Å². The van der Waals surface area contributed by atoms with Crippen LogP contribution in [0.15, 0.2) is 54.6 Å². The van der Waals surface area contributed by atoms with E-state index < -0.39 is 0 Å². The molecule has 0 amide bonds. The highest BCUT2D eigenvalue weighted by Gasteiger charge is 2.23. The molecule has 1 fully saturated rings. The molecule has 2 heterocycles. The minimum absolute atomic E-state index is 0.0662. The van der Waals surface area contributed by atoms with Crippen molar-refractivity contribution in [3.05, 3.63) is 76.0 Å². The molecule has 3 aromatic rings. The number of piperazine rings is 1. The highest BCUT2D eigenvalue weighted by Crippen LogP contribution is 2.30. The zero-order chi connectivity index (χ0) is 22.7. The van der Waals surface area contributed by atoms with Crippen LogP contribution in [0.25, 0.3) is 22.6 Å². The summed E-state index contributed by atoms with van der Waals surface area (Å²) in [5, 5.41) is 11.4. The number of hydrogen-bond donors (Lipinski definition) is 0. The standard InChI is InChI=1S/C25H29N5O2/c1-18(2)29-14-12-28(13-15-29)17-23-19(3)26-25(20-8-5-4-6-9-20)27-24(23)21-10-7-11-22(16-21)30(31)32/h4-11,16,18H,12-15,17H2,1-3H3. The average molecular weight is 432 g/mol. The Bertz CT molecular complexity index is 1090. The second-order valence-electron chi connectivity index (χ2n) is 8.54. The fraction of sp³-hybridized carbons (Fsp3) is 0.360. The van der Waals surface area contributed by atoms with E-state index in [4.69, 9.17) is 9.97 Å². The molecule has 0 bridgehead atoms. The lowest BCUT2D eigenvalue weighted by atomic mass is 10.0. The van der Waals surface area contributed by atoms with Gasteiger partial charge in [0.2, 0.25) is 0 Å². The Labute approximate surface area is 188 Å². The molecule has 32 heavy (non-hydrogen) atoms. The number of nitro benzene ring substituents is 1. The van der Waals surface area contributed by atoms with Gasteiger partial charge in [-0.15, -0.1) is 0 Å². The number of rotatable bonds is 6. The topological polar surface area (TPSA) is 75.4 Å². The number of aromatic nitrogens is 2. The lowest BCUT2D eigenvalue weighted by molar-refractivity contribution is -0.384. The fourth-order valence-electron chi connectivity index (χ4n) is 4.17. The summed E-state index contributed by atoms with van der Waals surface area (Å²) in [5.74, 6) is 0.637. The van der Waals surface area contributed by atoms with E-state index >= 15 is 0 Å². The zero-order valence-corrected chi connectivity index (χ0v) is 18.9. The molecular formula is C25H29N5O2. The minimum Gasteiger partial charge on any atom is -0.298 e. The van der Waals surface area contributed by atoms with Crippen LogP contribution in [0.2, 0.25) is 0 Å². The molecule has 0 unspecified atom stereocenters. The molecule has 4 rings (SSSR count). The molecule has 7 heteroatoms. The minimum atomic E-state index is -0.361. The Kier molecular flexibility index (Phi) is 6.58. The molecular weight excluding hydrogens is 402 g/mol. The van der Waals surface area contributed by atoms with E-state index in [0.717, 1.165) is 60.8 Å². The monoisotopic (exact) mass is 431 g/mol. The normalized spacial score (nSPS) is 15.2. The Hall–Kier alpha value is -3.16. The second kappa shape index (κ2) is 9.54. The van der Waals surface area contributed by atoms with Crippen molar-refractivity contribution in [3.63, 3.8) is 0 Å². The fourth-order valence-corrected chi connectivity index (χ4v) is 4.17. The van der Waals surface area contributed by atoms with E-state index in [-0.39, 0.29) is 10.6 Å². The molecule has 0 atom stereocenters. The molecule has 7 nitrogen and oxygen atoms in total. The van der Waals surface area contributed by atoms with Gasteiger partial charge in [-0.05, 0) is 20.8 Å². The number of nitro groups is 1. The van der Waals surface area contributed by atoms with Crippen molar-refractivity contribution >= 4 is 5.69 Å². The second-order valence-corrected chi connectivity index (χ2v) is 8.54. The van der Waals surface area contributed by atoms with Gasteiger partial charge < -0.3 is 0 Å². The van der Waals surface area contributed by atoms with Crippen molar-refractivity contribution in [1.29, 1.82) is 0 Å². The first-order chi connectivity index (χ1) is 15.4. The average Bonchev–Trinajstić information content (AvgIpc) is 2.81. The largest absolute Gasteiger partial charge is 0.298 e. The molecule has 1 saturated heterocycles. The van der Waals surface area contributed by atoms with Crippen LogP contribution in [0.1, 0.15) is 25.1 Å². The number of non-ortho nitro benzene ring substituents is 1. The highest BCUT2D eigenvalue weighted by molar-refractivity contribution is 5.69.